The normalized spacial score (nSPS) is 20.8. The Hall–Kier alpha value is -4.36. The fourth-order valence-electron chi connectivity index (χ4n) is 6.93. The van der Waals surface area contributed by atoms with Crippen LogP contribution in [0.25, 0.3) is 0 Å². The molecule has 1 unspecified atom stereocenters. The van der Waals surface area contributed by atoms with Crippen LogP contribution in [0.2, 0.25) is 0 Å². The molecule has 1 saturated heterocycles. The van der Waals surface area contributed by atoms with Gasteiger partial charge < -0.3 is 26.2 Å². The van der Waals surface area contributed by atoms with Crippen molar-refractivity contribution in [3.63, 3.8) is 0 Å². The predicted octanol–water partition coefficient (Wildman–Crippen LogP) is 2.67. The zero-order chi connectivity index (χ0) is 38.0. The van der Waals surface area contributed by atoms with E-state index in [0.717, 1.165) is 17.7 Å². The third-order valence-corrected chi connectivity index (χ3v) is 10.1. The number of likely N-dealkylation sites (tertiary alicyclic amines) is 1. The molecule has 280 valence electrons. The SMILES string of the molecule is CNC(=O)C(=O)C(CC1CC1)NC(=O)[C@@H]1[C@@H](CC(C)C)CCN1C(=O)[C@@H](NC(=O)N[C@H](CN1C(=O)c2ccncc2C1=O)C(C)(C)C)C(C)(C)C. The number of urea groups is 1. The molecule has 4 N–H and O–H groups in total. The molecule has 1 aromatic heterocycles. The van der Waals surface area contributed by atoms with Crippen LogP contribution >= 0.6 is 0 Å². The maximum atomic E-state index is 14.5. The molecule has 14 heteroatoms. The standard InChI is InChI=1S/C37H55N7O7/c1-20(2)16-22-13-15-43(27(22)30(46)40-25(17-21-10-11-21)28(45)31(47)38-9)34(50)29(37(6,7)8)42-35(51)41-26(36(3,4)5)19-44-32(48)23-12-14-39-18-24(23)33(44)49/h12,14,18,20-22,25-27,29H,10-11,13,15-17,19H2,1-9H3,(H,38,47)(H,40,46)(H2,41,42,51)/t22-,25?,26-,27+,29-/m1/s1. The molecule has 2 aliphatic heterocycles. The number of fused-ring (bicyclic) bond motifs is 1. The first-order valence-electron chi connectivity index (χ1n) is 18.0. The van der Waals surface area contributed by atoms with Crippen LogP contribution in [-0.4, -0.2) is 100 Å². The van der Waals surface area contributed by atoms with Crippen molar-refractivity contribution in [2.45, 2.75) is 112 Å². The minimum atomic E-state index is -1.06. The second-order valence-electron chi connectivity index (χ2n) is 16.8. The van der Waals surface area contributed by atoms with Gasteiger partial charge in [0.05, 0.1) is 29.8 Å². The molecular formula is C37H55N7O7. The Kier molecular flexibility index (Phi) is 12.0. The van der Waals surface area contributed by atoms with E-state index >= 15 is 0 Å². The van der Waals surface area contributed by atoms with Gasteiger partial charge >= 0.3 is 6.03 Å². The largest absolute Gasteiger partial charge is 0.353 e. The molecule has 1 aromatic rings. The molecule has 2 fully saturated rings. The summed E-state index contributed by atoms with van der Waals surface area (Å²) in [4.78, 5) is 100. The van der Waals surface area contributed by atoms with Gasteiger partial charge in [-0.2, -0.15) is 0 Å². The summed E-state index contributed by atoms with van der Waals surface area (Å²) in [7, 11) is 1.37. The number of likely N-dealkylation sites (N-methyl/N-ethyl adjacent to an activating group) is 1. The van der Waals surface area contributed by atoms with Gasteiger partial charge in [0, 0.05) is 26.0 Å². The molecule has 0 bridgehead atoms. The van der Waals surface area contributed by atoms with E-state index in [0.29, 0.717) is 19.3 Å². The van der Waals surface area contributed by atoms with Crippen molar-refractivity contribution in [1.29, 1.82) is 0 Å². The van der Waals surface area contributed by atoms with E-state index in [1.165, 1.54) is 30.4 Å². The lowest BCUT2D eigenvalue weighted by molar-refractivity contribution is -0.144. The Morgan fingerprint density at radius 3 is 2.08 bits per heavy atom. The summed E-state index contributed by atoms with van der Waals surface area (Å²) in [6.45, 7) is 15.3. The number of nitrogens with zero attached hydrogens (tertiary/aromatic N) is 3. The van der Waals surface area contributed by atoms with Gasteiger partial charge in [-0.15, -0.1) is 0 Å². The van der Waals surface area contributed by atoms with Crippen molar-refractivity contribution in [3.8, 4) is 0 Å². The number of ketones is 1. The van der Waals surface area contributed by atoms with Crippen molar-refractivity contribution in [1.82, 2.24) is 36.1 Å². The first-order chi connectivity index (χ1) is 23.7. The Morgan fingerprint density at radius 1 is 0.882 bits per heavy atom. The van der Waals surface area contributed by atoms with Gasteiger partial charge in [-0.25, -0.2) is 4.79 Å². The van der Waals surface area contributed by atoms with E-state index in [1.54, 1.807) is 0 Å². The zero-order valence-electron chi connectivity index (χ0n) is 31.4. The summed E-state index contributed by atoms with van der Waals surface area (Å²) in [5, 5.41) is 11.0. The molecule has 1 saturated carbocycles. The highest BCUT2D eigenvalue weighted by atomic mass is 16.2. The van der Waals surface area contributed by atoms with Crippen LogP contribution < -0.4 is 21.3 Å². The lowest BCUT2D eigenvalue weighted by Crippen LogP contribution is -2.62. The second kappa shape index (κ2) is 15.5. The molecule has 7 amide bonds. The van der Waals surface area contributed by atoms with Crippen LogP contribution in [0.3, 0.4) is 0 Å². The van der Waals surface area contributed by atoms with Crippen molar-refractivity contribution >= 4 is 41.4 Å². The maximum Gasteiger partial charge on any atom is 0.315 e. The molecule has 0 aromatic carbocycles. The molecule has 3 heterocycles. The number of aromatic nitrogens is 1. The molecular weight excluding hydrogens is 654 g/mol. The number of carbonyl (C=O) groups is 7. The summed E-state index contributed by atoms with van der Waals surface area (Å²) in [6.07, 6.45) is 6.21. The fourth-order valence-corrected chi connectivity index (χ4v) is 6.93. The van der Waals surface area contributed by atoms with Crippen LogP contribution in [-0.2, 0) is 19.2 Å². The first-order valence-corrected chi connectivity index (χ1v) is 18.0. The van der Waals surface area contributed by atoms with Crippen molar-refractivity contribution < 1.29 is 33.6 Å². The molecule has 1 aliphatic carbocycles. The minimum Gasteiger partial charge on any atom is -0.353 e. The average molecular weight is 710 g/mol. The summed E-state index contributed by atoms with van der Waals surface area (Å²) >= 11 is 0. The van der Waals surface area contributed by atoms with Crippen LogP contribution in [0.15, 0.2) is 18.5 Å². The van der Waals surface area contributed by atoms with Gasteiger partial charge in [0.15, 0.2) is 0 Å². The molecule has 0 spiro atoms. The van der Waals surface area contributed by atoms with Crippen LogP contribution in [0, 0.1) is 28.6 Å². The van der Waals surface area contributed by atoms with Crippen molar-refractivity contribution in [2.24, 2.45) is 28.6 Å². The number of nitrogens with one attached hydrogen (secondary N) is 4. The summed E-state index contributed by atoms with van der Waals surface area (Å²) in [6, 6.07) is -2.83. The third kappa shape index (κ3) is 9.31. The van der Waals surface area contributed by atoms with Gasteiger partial charge in [0.2, 0.25) is 17.6 Å². The van der Waals surface area contributed by atoms with Gasteiger partial charge in [0.25, 0.3) is 17.7 Å². The number of rotatable bonds is 13. The molecule has 4 rings (SSSR count). The number of hydrogen-bond donors (Lipinski definition) is 4. The highest BCUT2D eigenvalue weighted by molar-refractivity contribution is 6.38. The highest BCUT2D eigenvalue weighted by Crippen LogP contribution is 2.36. The van der Waals surface area contributed by atoms with Crippen LogP contribution in [0.5, 0.6) is 0 Å². The first kappa shape index (κ1) is 39.4. The molecule has 0 radical (unpaired) electrons. The van der Waals surface area contributed by atoms with Crippen LogP contribution in [0.4, 0.5) is 4.79 Å². The Balaban J connectivity index is 1.54. The second-order valence-corrected chi connectivity index (χ2v) is 16.8. The Bertz CT molecular complexity index is 1510. The van der Waals surface area contributed by atoms with Gasteiger partial charge in [-0.05, 0) is 53.9 Å². The lowest BCUT2D eigenvalue weighted by Gasteiger charge is -2.38. The quantitative estimate of drug-likeness (QED) is 0.178. The smallest absolute Gasteiger partial charge is 0.315 e. The van der Waals surface area contributed by atoms with E-state index < -0.39 is 76.3 Å². The fraction of sp³-hybridized carbons (Fsp3) is 0.676. The van der Waals surface area contributed by atoms with E-state index in [-0.39, 0.29) is 42.0 Å². The molecule has 5 atom stereocenters. The zero-order valence-corrected chi connectivity index (χ0v) is 31.4. The Morgan fingerprint density at radius 2 is 1.53 bits per heavy atom. The van der Waals surface area contributed by atoms with Crippen molar-refractivity contribution in [3.05, 3.63) is 29.6 Å². The van der Waals surface area contributed by atoms with Gasteiger partial charge in [0.1, 0.15) is 12.1 Å². The summed E-state index contributed by atoms with van der Waals surface area (Å²) in [5.41, 5.74) is -0.934. The lowest BCUT2D eigenvalue weighted by atomic mass is 9.84. The highest BCUT2D eigenvalue weighted by Gasteiger charge is 2.48. The third-order valence-electron chi connectivity index (χ3n) is 10.1. The minimum absolute atomic E-state index is 0.0978. The summed E-state index contributed by atoms with van der Waals surface area (Å²) in [5.74, 6) is -3.12. The van der Waals surface area contributed by atoms with Gasteiger partial charge in [-0.1, -0.05) is 68.2 Å². The number of carbonyl (C=O) groups excluding carboxylic acids is 7. The van der Waals surface area contributed by atoms with Crippen LogP contribution in [0.1, 0.15) is 108 Å². The number of hydrogen-bond acceptors (Lipinski definition) is 8. The number of imide groups is 1. The van der Waals surface area contributed by atoms with E-state index in [1.807, 2.05) is 55.4 Å². The number of Topliss-reactive ketones (excluding diaryl/α,β-unsaturated/α-hetero) is 1. The number of pyridine rings is 1. The Labute approximate surface area is 300 Å². The monoisotopic (exact) mass is 709 g/mol. The molecule has 51 heavy (non-hydrogen) atoms. The van der Waals surface area contributed by atoms with Crippen molar-refractivity contribution in [2.75, 3.05) is 20.1 Å². The number of amides is 7. The molecule has 3 aliphatic rings. The van der Waals surface area contributed by atoms with E-state index in [2.05, 4.69) is 26.3 Å². The molecule has 14 nitrogen and oxygen atoms in total. The summed E-state index contributed by atoms with van der Waals surface area (Å²) < 4.78 is 0. The van der Waals surface area contributed by atoms with E-state index in [9.17, 15) is 33.6 Å². The maximum absolute atomic E-state index is 14.5. The predicted molar refractivity (Wildman–Crippen MR) is 189 cm³/mol. The van der Waals surface area contributed by atoms with Gasteiger partial charge in [-0.3, -0.25) is 38.7 Å². The van der Waals surface area contributed by atoms with E-state index in [4.69, 9.17) is 0 Å². The topological polar surface area (TPSA) is 187 Å². The average Bonchev–Trinajstić information content (AvgIpc) is 3.72.